The lowest BCUT2D eigenvalue weighted by molar-refractivity contribution is 0.294. The molecule has 0 amide bonds. The smallest absolute Gasteiger partial charge is 0.130 e. The maximum atomic E-state index is 6.37. The van der Waals surface area contributed by atoms with Gasteiger partial charge in [0.05, 0.1) is 13.2 Å². The van der Waals surface area contributed by atoms with Crippen molar-refractivity contribution in [1.29, 1.82) is 0 Å². The fourth-order valence-electron chi connectivity index (χ4n) is 3.51. The van der Waals surface area contributed by atoms with Gasteiger partial charge in [-0.15, -0.1) is 0 Å². The Morgan fingerprint density at radius 1 is 0.759 bits per heavy atom. The predicted molar refractivity (Wildman–Crippen MR) is 130 cm³/mol. The molecule has 0 aliphatic heterocycles. The molecule has 0 bridgehead atoms. The summed E-state index contributed by atoms with van der Waals surface area (Å²) in [5.74, 6) is 3.21. The van der Waals surface area contributed by atoms with Crippen LogP contribution < -0.4 is 9.47 Å². The second-order valence-electron chi connectivity index (χ2n) is 7.74. The van der Waals surface area contributed by atoms with E-state index in [0.717, 1.165) is 50.4 Å². The molecule has 0 fully saturated rings. The van der Waals surface area contributed by atoms with E-state index in [1.807, 2.05) is 0 Å². The molecule has 2 rings (SSSR count). The summed E-state index contributed by atoms with van der Waals surface area (Å²) in [5.41, 5.74) is 1.38. The largest absolute Gasteiger partial charge is 0.493 e. The van der Waals surface area contributed by atoms with Crippen LogP contribution in [0.15, 0.2) is 30.3 Å². The van der Waals surface area contributed by atoms with Gasteiger partial charge in [-0.05, 0) is 36.8 Å². The molecule has 0 heterocycles. The summed E-state index contributed by atoms with van der Waals surface area (Å²) in [4.78, 5) is 0. The number of thioether (sulfide) groups is 1. The van der Waals surface area contributed by atoms with Crippen LogP contribution in [0.5, 0.6) is 11.5 Å². The van der Waals surface area contributed by atoms with Crippen molar-refractivity contribution >= 4 is 22.5 Å². The normalized spacial score (nSPS) is 12.3. The van der Waals surface area contributed by atoms with Crippen molar-refractivity contribution in [3.05, 3.63) is 35.9 Å². The van der Waals surface area contributed by atoms with Gasteiger partial charge in [0.1, 0.15) is 11.5 Å². The van der Waals surface area contributed by atoms with Crippen LogP contribution in [0.25, 0.3) is 10.8 Å². The van der Waals surface area contributed by atoms with Gasteiger partial charge in [0.2, 0.25) is 0 Å². The zero-order valence-corrected chi connectivity index (χ0v) is 19.8. The fourth-order valence-corrected chi connectivity index (χ4v) is 5.06. The summed E-state index contributed by atoms with van der Waals surface area (Å²) in [5, 5.41) is 2.99. The minimum absolute atomic E-state index is 0.470. The lowest BCUT2D eigenvalue weighted by Gasteiger charge is -2.24. The van der Waals surface area contributed by atoms with E-state index in [-0.39, 0.29) is 0 Å². The Morgan fingerprint density at radius 3 is 2.00 bits per heavy atom. The molecule has 2 aromatic carbocycles. The Balaban J connectivity index is 2.50. The molecule has 1 unspecified atom stereocenters. The molecule has 3 heteroatoms. The van der Waals surface area contributed by atoms with E-state index in [4.69, 9.17) is 9.47 Å². The average molecular weight is 417 g/mol. The van der Waals surface area contributed by atoms with E-state index in [1.54, 1.807) is 0 Å². The van der Waals surface area contributed by atoms with Crippen LogP contribution in [0, 0.1) is 0 Å². The van der Waals surface area contributed by atoms with Crippen LogP contribution in [0.1, 0.15) is 89.9 Å². The van der Waals surface area contributed by atoms with Crippen molar-refractivity contribution in [2.24, 2.45) is 0 Å². The molecule has 0 saturated carbocycles. The minimum atomic E-state index is 0.470. The highest BCUT2D eigenvalue weighted by molar-refractivity contribution is 7.99. The molecular weight excluding hydrogens is 376 g/mol. The molecule has 2 nitrogen and oxygen atoms in total. The van der Waals surface area contributed by atoms with E-state index < -0.39 is 0 Å². The van der Waals surface area contributed by atoms with Gasteiger partial charge in [-0.2, -0.15) is 11.8 Å². The van der Waals surface area contributed by atoms with E-state index >= 15 is 0 Å². The van der Waals surface area contributed by atoms with Gasteiger partial charge in [-0.3, -0.25) is 0 Å². The van der Waals surface area contributed by atoms with Crippen molar-refractivity contribution in [2.75, 3.05) is 19.0 Å². The molecule has 0 spiro atoms. The Labute approximate surface area is 182 Å². The Bertz CT molecular complexity index is 713. The van der Waals surface area contributed by atoms with Crippen LogP contribution in [0.3, 0.4) is 0 Å². The number of unbranched alkanes of at least 4 members (excludes halogenated alkanes) is 3. The number of ether oxygens (including phenoxy) is 2. The van der Waals surface area contributed by atoms with Gasteiger partial charge in [0.25, 0.3) is 0 Å². The molecular formula is C26H40O2S. The first-order valence-electron chi connectivity index (χ1n) is 11.7. The highest BCUT2D eigenvalue weighted by Gasteiger charge is 2.22. The zero-order chi connectivity index (χ0) is 20.9. The lowest BCUT2D eigenvalue weighted by atomic mass is 9.97. The molecule has 29 heavy (non-hydrogen) atoms. The minimum Gasteiger partial charge on any atom is -0.493 e. The second-order valence-corrected chi connectivity index (χ2v) is 9.05. The quantitative estimate of drug-likeness (QED) is 0.271. The molecule has 0 radical (unpaired) electrons. The lowest BCUT2D eigenvalue weighted by Crippen LogP contribution is -2.06. The summed E-state index contributed by atoms with van der Waals surface area (Å²) in [6.45, 7) is 10.5. The third-order valence-corrected chi connectivity index (χ3v) is 6.61. The highest BCUT2D eigenvalue weighted by Crippen LogP contribution is 2.46. The topological polar surface area (TPSA) is 18.5 Å². The predicted octanol–water partition coefficient (Wildman–Crippen LogP) is 8.57. The first-order valence-corrected chi connectivity index (χ1v) is 12.7. The summed E-state index contributed by atoms with van der Waals surface area (Å²) in [7, 11) is 0. The third kappa shape index (κ3) is 7.13. The summed E-state index contributed by atoms with van der Waals surface area (Å²) >= 11 is 2.10. The van der Waals surface area contributed by atoms with Crippen LogP contribution in [-0.2, 0) is 0 Å². The van der Waals surface area contributed by atoms with Gasteiger partial charge in [0.15, 0.2) is 0 Å². The first kappa shape index (κ1) is 23.9. The van der Waals surface area contributed by atoms with Crippen LogP contribution in [-0.4, -0.2) is 19.0 Å². The fraction of sp³-hybridized carbons (Fsp3) is 0.615. The average Bonchev–Trinajstić information content (AvgIpc) is 2.74. The van der Waals surface area contributed by atoms with Crippen LogP contribution >= 0.6 is 11.8 Å². The van der Waals surface area contributed by atoms with Crippen molar-refractivity contribution in [3.63, 3.8) is 0 Å². The molecule has 0 aliphatic carbocycles. The monoisotopic (exact) mass is 416 g/mol. The number of hydrogen-bond acceptors (Lipinski definition) is 3. The van der Waals surface area contributed by atoms with Crippen molar-refractivity contribution in [3.8, 4) is 11.5 Å². The van der Waals surface area contributed by atoms with Gasteiger partial charge in [0, 0.05) is 22.3 Å². The van der Waals surface area contributed by atoms with Gasteiger partial charge in [-0.1, -0.05) is 77.6 Å². The maximum absolute atomic E-state index is 6.37. The van der Waals surface area contributed by atoms with Crippen molar-refractivity contribution in [2.45, 2.75) is 84.3 Å². The third-order valence-electron chi connectivity index (χ3n) is 5.21. The van der Waals surface area contributed by atoms with Crippen LogP contribution in [0.4, 0.5) is 0 Å². The zero-order valence-electron chi connectivity index (χ0n) is 19.0. The van der Waals surface area contributed by atoms with E-state index in [9.17, 15) is 0 Å². The van der Waals surface area contributed by atoms with E-state index in [0.29, 0.717) is 5.25 Å². The van der Waals surface area contributed by atoms with E-state index in [1.165, 1.54) is 47.8 Å². The number of rotatable bonds is 15. The molecule has 162 valence electrons. The van der Waals surface area contributed by atoms with Gasteiger partial charge < -0.3 is 9.47 Å². The van der Waals surface area contributed by atoms with Gasteiger partial charge >= 0.3 is 0 Å². The van der Waals surface area contributed by atoms with Crippen molar-refractivity contribution < 1.29 is 9.47 Å². The maximum Gasteiger partial charge on any atom is 0.130 e. The highest BCUT2D eigenvalue weighted by atomic mass is 32.2. The molecule has 2 aromatic rings. The first-order chi connectivity index (χ1) is 14.3. The van der Waals surface area contributed by atoms with E-state index in [2.05, 4.69) is 69.8 Å². The number of fused-ring (bicyclic) bond motifs is 1. The molecule has 0 aromatic heterocycles. The summed E-state index contributed by atoms with van der Waals surface area (Å²) in [6, 6.07) is 10.9. The number of benzene rings is 2. The Morgan fingerprint density at radius 2 is 1.38 bits per heavy atom. The molecule has 0 N–H and O–H groups in total. The van der Waals surface area contributed by atoms with Crippen molar-refractivity contribution in [1.82, 2.24) is 0 Å². The van der Waals surface area contributed by atoms with Gasteiger partial charge in [-0.25, -0.2) is 0 Å². The number of hydrogen-bond donors (Lipinski definition) is 0. The molecule has 0 saturated heterocycles. The standard InChI is InChI=1S/C26H40O2S/c1-5-9-17-27-23-20-24(28-18-10-6-2)26(22-16-13-12-15-21(22)23)25(14-8-4)29-19-11-7-3/h12-13,15-16,20,25H,5-11,14,17-19H2,1-4H3. The Hall–Kier alpha value is -1.35. The summed E-state index contributed by atoms with van der Waals surface area (Å²) in [6.07, 6.45) is 9.33. The SMILES string of the molecule is CCCCOc1cc(OCCCC)c2ccccc2c1C(CCC)SCCCC. The Kier molecular flexibility index (Phi) is 11.4. The second kappa shape index (κ2) is 13.8. The van der Waals surface area contributed by atoms with Crippen LogP contribution in [0.2, 0.25) is 0 Å². The molecule has 0 aliphatic rings. The summed E-state index contributed by atoms with van der Waals surface area (Å²) < 4.78 is 12.6. The molecule has 1 atom stereocenters.